The molecule has 1 N–H and O–H groups in total. The van der Waals surface area contributed by atoms with Crippen LogP contribution in [0.1, 0.15) is 25.3 Å². The van der Waals surface area contributed by atoms with Gasteiger partial charge in [-0.15, -0.1) is 0 Å². The monoisotopic (exact) mass is 239 g/mol. The van der Waals surface area contributed by atoms with Crippen molar-refractivity contribution in [3.8, 4) is 0 Å². The van der Waals surface area contributed by atoms with E-state index >= 15 is 0 Å². The van der Waals surface area contributed by atoms with Crippen molar-refractivity contribution in [2.45, 2.75) is 25.2 Å². The van der Waals surface area contributed by atoms with Gasteiger partial charge in [0.25, 0.3) is 0 Å². The van der Waals surface area contributed by atoms with Crippen LogP contribution in [0, 0.1) is 5.92 Å². The van der Waals surface area contributed by atoms with E-state index in [9.17, 15) is 0 Å². The first-order valence-corrected chi connectivity index (χ1v) is 6.88. The maximum absolute atomic E-state index is 3.34. The maximum Gasteiger partial charge on any atom is -0.00151 e. The summed E-state index contributed by atoms with van der Waals surface area (Å²) < 4.78 is 0. The molecular formula is C17H21N. The molecule has 0 saturated heterocycles. The van der Waals surface area contributed by atoms with E-state index < -0.39 is 0 Å². The zero-order valence-electron chi connectivity index (χ0n) is 11.2. The third-order valence-electron chi connectivity index (χ3n) is 4.77. The highest BCUT2D eigenvalue weighted by Gasteiger charge is 2.43. The summed E-state index contributed by atoms with van der Waals surface area (Å²) in [5, 5.41) is 6.14. The molecule has 18 heavy (non-hydrogen) atoms. The van der Waals surface area contributed by atoms with E-state index in [1.165, 1.54) is 29.2 Å². The molecule has 2 unspecified atom stereocenters. The zero-order valence-corrected chi connectivity index (χ0v) is 11.2. The fourth-order valence-corrected chi connectivity index (χ4v) is 3.43. The third-order valence-corrected chi connectivity index (χ3v) is 4.77. The molecule has 1 aliphatic carbocycles. The predicted octanol–water partition coefficient (Wildman–Crippen LogP) is 3.73. The maximum atomic E-state index is 3.34. The Kier molecular flexibility index (Phi) is 2.87. The van der Waals surface area contributed by atoms with E-state index in [1.807, 2.05) is 0 Å². The number of benzene rings is 2. The van der Waals surface area contributed by atoms with E-state index in [4.69, 9.17) is 0 Å². The Labute approximate surface area is 109 Å². The summed E-state index contributed by atoms with van der Waals surface area (Å²) in [5.74, 6) is 0.772. The summed E-state index contributed by atoms with van der Waals surface area (Å²) in [6.07, 6.45) is 2.66. The van der Waals surface area contributed by atoms with Gasteiger partial charge in [0.2, 0.25) is 0 Å². The Balaban J connectivity index is 2.09. The molecule has 2 atom stereocenters. The first-order valence-electron chi connectivity index (χ1n) is 6.88. The summed E-state index contributed by atoms with van der Waals surface area (Å²) in [5.41, 5.74) is 1.89. The summed E-state index contributed by atoms with van der Waals surface area (Å²) in [4.78, 5) is 0. The van der Waals surface area contributed by atoms with E-state index in [2.05, 4.69) is 61.8 Å². The zero-order chi connectivity index (χ0) is 12.6. The lowest BCUT2D eigenvalue weighted by Crippen LogP contribution is -2.46. The van der Waals surface area contributed by atoms with E-state index in [-0.39, 0.29) is 0 Å². The van der Waals surface area contributed by atoms with Gasteiger partial charge in [0.05, 0.1) is 0 Å². The van der Waals surface area contributed by atoms with Crippen LogP contribution >= 0.6 is 0 Å². The minimum absolute atomic E-state index is 0.351. The second-order valence-electron chi connectivity index (χ2n) is 5.74. The smallest absolute Gasteiger partial charge is 0.00151 e. The van der Waals surface area contributed by atoms with Gasteiger partial charge in [-0.25, -0.2) is 0 Å². The SMILES string of the molecule is CNCC1CCC1(C)c1cccc2ccccc12. The topological polar surface area (TPSA) is 12.0 Å². The van der Waals surface area contributed by atoms with Gasteiger partial charge in [-0.1, -0.05) is 49.4 Å². The highest BCUT2D eigenvalue weighted by molar-refractivity contribution is 5.86. The lowest BCUT2D eigenvalue weighted by molar-refractivity contribution is 0.142. The van der Waals surface area contributed by atoms with Crippen molar-refractivity contribution >= 4 is 10.8 Å². The molecule has 94 valence electrons. The van der Waals surface area contributed by atoms with Gasteiger partial charge >= 0.3 is 0 Å². The first kappa shape index (κ1) is 11.7. The van der Waals surface area contributed by atoms with Gasteiger partial charge in [-0.2, -0.15) is 0 Å². The molecule has 0 aromatic heterocycles. The number of rotatable bonds is 3. The summed E-state index contributed by atoms with van der Waals surface area (Å²) in [6.45, 7) is 3.56. The predicted molar refractivity (Wildman–Crippen MR) is 78.0 cm³/mol. The molecule has 0 bridgehead atoms. The first-order chi connectivity index (χ1) is 8.75. The van der Waals surface area contributed by atoms with Crippen LogP contribution in [0.2, 0.25) is 0 Å². The van der Waals surface area contributed by atoms with Crippen LogP contribution in [0.5, 0.6) is 0 Å². The number of hydrogen-bond acceptors (Lipinski definition) is 1. The largest absolute Gasteiger partial charge is 0.319 e. The lowest BCUT2D eigenvalue weighted by atomic mass is 9.57. The number of fused-ring (bicyclic) bond motifs is 1. The normalized spacial score (nSPS) is 27.1. The quantitative estimate of drug-likeness (QED) is 0.860. The summed E-state index contributed by atoms with van der Waals surface area (Å²) in [7, 11) is 2.06. The van der Waals surface area contributed by atoms with Crippen molar-refractivity contribution in [3.63, 3.8) is 0 Å². The van der Waals surface area contributed by atoms with Crippen molar-refractivity contribution in [2.24, 2.45) is 5.92 Å². The minimum Gasteiger partial charge on any atom is -0.319 e. The Bertz CT molecular complexity index is 555. The fourth-order valence-electron chi connectivity index (χ4n) is 3.43. The minimum atomic E-state index is 0.351. The Hall–Kier alpha value is -1.34. The van der Waals surface area contributed by atoms with Crippen LogP contribution in [0.4, 0.5) is 0 Å². The molecule has 0 radical (unpaired) electrons. The molecule has 3 rings (SSSR count). The Morgan fingerprint density at radius 2 is 1.94 bits per heavy atom. The van der Waals surface area contributed by atoms with E-state index in [0.29, 0.717) is 5.41 Å². The average Bonchev–Trinajstić information content (AvgIpc) is 2.42. The van der Waals surface area contributed by atoms with Crippen molar-refractivity contribution in [3.05, 3.63) is 48.0 Å². The molecule has 1 fully saturated rings. The molecule has 1 nitrogen and oxygen atoms in total. The molecular weight excluding hydrogens is 218 g/mol. The van der Waals surface area contributed by atoms with Gasteiger partial charge in [0.15, 0.2) is 0 Å². The molecule has 2 aromatic carbocycles. The van der Waals surface area contributed by atoms with Crippen LogP contribution < -0.4 is 5.32 Å². The Morgan fingerprint density at radius 3 is 2.67 bits per heavy atom. The van der Waals surface area contributed by atoms with Crippen molar-refractivity contribution in [1.29, 1.82) is 0 Å². The molecule has 1 aliphatic rings. The number of hydrogen-bond donors (Lipinski definition) is 1. The highest BCUT2D eigenvalue weighted by atomic mass is 14.8. The molecule has 0 amide bonds. The molecule has 0 spiro atoms. The molecule has 2 aromatic rings. The van der Waals surface area contributed by atoms with Crippen LogP contribution in [0.25, 0.3) is 10.8 Å². The lowest BCUT2D eigenvalue weighted by Gasteiger charge is -2.48. The van der Waals surface area contributed by atoms with E-state index in [1.54, 1.807) is 0 Å². The van der Waals surface area contributed by atoms with Gasteiger partial charge in [-0.3, -0.25) is 0 Å². The molecule has 0 heterocycles. The van der Waals surface area contributed by atoms with Crippen LogP contribution in [-0.2, 0) is 5.41 Å². The van der Waals surface area contributed by atoms with Gasteiger partial charge in [0, 0.05) is 0 Å². The summed E-state index contributed by atoms with van der Waals surface area (Å²) in [6, 6.07) is 15.5. The second-order valence-corrected chi connectivity index (χ2v) is 5.74. The molecule has 0 aliphatic heterocycles. The van der Waals surface area contributed by atoms with Crippen LogP contribution in [0.3, 0.4) is 0 Å². The van der Waals surface area contributed by atoms with Crippen LogP contribution in [-0.4, -0.2) is 13.6 Å². The van der Waals surface area contributed by atoms with Gasteiger partial charge in [0.1, 0.15) is 0 Å². The standard InChI is InChI=1S/C17H21N/c1-17(11-10-14(17)12-18-2)16-9-5-7-13-6-3-4-8-15(13)16/h3-9,14,18H,10-12H2,1-2H3. The van der Waals surface area contributed by atoms with Crippen molar-refractivity contribution in [2.75, 3.05) is 13.6 Å². The third kappa shape index (κ3) is 1.65. The van der Waals surface area contributed by atoms with Crippen molar-refractivity contribution in [1.82, 2.24) is 5.32 Å². The van der Waals surface area contributed by atoms with Gasteiger partial charge < -0.3 is 5.32 Å². The van der Waals surface area contributed by atoms with Crippen molar-refractivity contribution < 1.29 is 0 Å². The second kappa shape index (κ2) is 4.40. The average molecular weight is 239 g/mol. The number of nitrogens with one attached hydrogen (secondary N) is 1. The fraction of sp³-hybridized carbons (Fsp3) is 0.412. The van der Waals surface area contributed by atoms with E-state index in [0.717, 1.165) is 12.5 Å². The molecule has 1 saturated carbocycles. The van der Waals surface area contributed by atoms with Gasteiger partial charge in [-0.05, 0) is 54.1 Å². The summed E-state index contributed by atoms with van der Waals surface area (Å²) >= 11 is 0. The highest BCUT2D eigenvalue weighted by Crippen LogP contribution is 2.49. The molecule has 1 heteroatoms. The Morgan fingerprint density at radius 1 is 1.17 bits per heavy atom. The van der Waals surface area contributed by atoms with Crippen LogP contribution in [0.15, 0.2) is 42.5 Å².